The van der Waals surface area contributed by atoms with E-state index in [1.807, 2.05) is 6.08 Å². The largest absolute Gasteiger partial charge is 0.389 e. The first-order valence-corrected chi connectivity index (χ1v) is 10.0. The minimum absolute atomic E-state index is 0.00934. The molecule has 4 heteroatoms. The van der Waals surface area contributed by atoms with E-state index in [1.165, 1.54) is 6.42 Å². The van der Waals surface area contributed by atoms with Crippen molar-refractivity contribution in [2.75, 3.05) is 0 Å². The van der Waals surface area contributed by atoms with Gasteiger partial charge in [0.25, 0.3) is 0 Å². The molecular weight excluding hydrogens is 356 g/mol. The first-order chi connectivity index (χ1) is 10.7. The van der Waals surface area contributed by atoms with Crippen LogP contribution < -0.4 is 0 Å². The van der Waals surface area contributed by atoms with Gasteiger partial charge in [-0.05, 0) is 60.7 Å². The van der Waals surface area contributed by atoms with Crippen molar-refractivity contribution in [1.29, 1.82) is 0 Å². The van der Waals surface area contributed by atoms with E-state index in [0.717, 1.165) is 19.3 Å². The molecule has 0 aromatic rings. The molecule has 0 spiro atoms. The molecule has 0 radical (unpaired) electrons. The molecule has 0 heterocycles. The fourth-order valence-corrected chi connectivity index (χ4v) is 7.90. The topological polar surface area (TPSA) is 60.7 Å². The van der Waals surface area contributed by atoms with Crippen LogP contribution in [0.2, 0.25) is 0 Å². The lowest BCUT2D eigenvalue weighted by Crippen LogP contribution is -2.62. The van der Waals surface area contributed by atoms with Crippen molar-refractivity contribution >= 4 is 15.9 Å². The second-order valence-electron chi connectivity index (χ2n) is 9.28. The van der Waals surface area contributed by atoms with Crippen LogP contribution in [0.4, 0.5) is 0 Å². The maximum Gasteiger partial charge on any atom is 0.166 e. The number of alkyl halides is 1. The van der Waals surface area contributed by atoms with Gasteiger partial charge in [0.1, 0.15) is 0 Å². The summed E-state index contributed by atoms with van der Waals surface area (Å²) >= 11 is 3.80. The normalized spacial score (nSPS) is 57.5. The fourth-order valence-electron chi connectivity index (χ4n) is 6.76. The highest BCUT2D eigenvalue weighted by molar-refractivity contribution is 9.09. The molecule has 0 aliphatic heterocycles. The van der Waals surface area contributed by atoms with Crippen LogP contribution in [0.5, 0.6) is 0 Å². The van der Waals surface area contributed by atoms with E-state index < -0.39 is 11.9 Å². The molecule has 0 amide bonds. The Bertz CT molecular complexity index is 533. The highest BCUT2D eigenvalue weighted by Crippen LogP contribution is 2.67. The third-order valence-corrected chi connectivity index (χ3v) is 8.65. The molecule has 4 aliphatic carbocycles. The molecule has 0 bridgehead atoms. The molecule has 0 aromatic carbocycles. The lowest BCUT2D eigenvalue weighted by molar-refractivity contribution is -0.292. The number of hydrogen-bond donors (Lipinski definition) is 3. The average molecular weight is 385 g/mol. The maximum atomic E-state index is 11.0. The van der Waals surface area contributed by atoms with Crippen LogP contribution in [0.3, 0.4) is 0 Å². The van der Waals surface area contributed by atoms with Gasteiger partial charge in [0, 0.05) is 17.2 Å². The number of rotatable bonds is 0. The predicted octanol–water partition coefficient (Wildman–Crippen LogP) is 3.22. The van der Waals surface area contributed by atoms with Crippen LogP contribution in [-0.2, 0) is 0 Å². The van der Waals surface area contributed by atoms with Gasteiger partial charge >= 0.3 is 0 Å². The van der Waals surface area contributed by atoms with E-state index in [2.05, 4.69) is 35.9 Å². The Morgan fingerprint density at radius 1 is 1.09 bits per heavy atom. The van der Waals surface area contributed by atoms with Crippen LogP contribution >= 0.6 is 15.9 Å². The lowest BCUT2D eigenvalue weighted by Gasteiger charge is -2.62. The Morgan fingerprint density at radius 2 is 1.83 bits per heavy atom. The van der Waals surface area contributed by atoms with E-state index in [-0.39, 0.29) is 22.7 Å². The molecule has 0 unspecified atom stereocenters. The van der Waals surface area contributed by atoms with Gasteiger partial charge in [-0.25, -0.2) is 0 Å². The van der Waals surface area contributed by atoms with Gasteiger partial charge in [-0.3, -0.25) is 0 Å². The number of allylic oxidation sites excluding steroid dienone is 1. The van der Waals surface area contributed by atoms with Crippen molar-refractivity contribution in [3.05, 3.63) is 12.2 Å². The SMILES string of the molecule is C[C@]12CC[C@H]3[C@H]([C@@H]1C[C@@H](Br)C2)C(O)(O)C[C@H]1C[C@@H](O)C=C[C@@]13C. The summed E-state index contributed by atoms with van der Waals surface area (Å²) in [4.78, 5) is 0.501. The van der Waals surface area contributed by atoms with Crippen molar-refractivity contribution < 1.29 is 15.3 Å². The Morgan fingerprint density at radius 3 is 2.57 bits per heavy atom. The van der Waals surface area contributed by atoms with Crippen molar-refractivity contribution in [3.8, 4) is 0 Å². The zero-order valence-electron chi connectivity index (χ0n) is 14.1. The van der Waals surface area contributed by atoms with Crippen molar-refractivity contribution in [1.82, 2.24) is 0 Å². The minimum Gasteiger partial charge on any atom is -0.389 e. The molecule has 0 saturated heterocycles. The molecule has 4 rings (SSSR count). The number of halogens is 1. The minimum atomic E-state index is -1.59. The highest BCUT2D eigenvalue weighted by atomic mass is 79.9. The van der Waals surface area contributed by atoms with Crippen molar-refractivity contribution in [3.63, 3.8) is 0 Å². The molecular formula is C19H29BrO3. The second kappa shape index (κ2) is 5.06. The number of aliphatic hydroxyl groups excluding tert-OH is 1. The van der Waals surface area contributed by atoms with Crippen LogP contribution in [0, 0.1) is 34.5 Å². The van der Waals surface area contributed by atoms with Gasteiger partial charge in [0.15, 0.2) is 5.79 Å². The summed E-state index contributed by atoms with van der Waals surface area (Å²) in [5.74, 6) is -0.813. The molecule has 4 aliphatic rings. The molecule has 8 atom stereocenters. The summed E-state index contributed by atoms with van der Waals surface area (Å²) in [6.45, 7) is 4.64. The Labute approximate surface area is 147 Å². The fraction of sp³-hybridized carbons (Fsp3) is 0.895. The molecule has 3 saturated carbocycles. The van der Waals surface area contributed by atoms with Crippen LogP contribution in [0.25, 0.3) is 0 Å². The average Bonchev–Trinajstić information content (AvgIpc) is 2.74. The number of fused-ring (bicyclic) bond motifs is 5. The van der Waals surface area contributed by atoms with Crippen molar-refractivity contribution in [2.24, 2.45) is 34.5 Å². The number of aliphatic hydroxyl groups is 3. The summed E-state index contributed by atoms with van der Waals surface area (Å²) in [5.41, 5.74) is 0.220. The zero-order valence-corrected chi connectivity index (χ0v) is 15.7. The van der Waals surface area contributed by atoms with Crippen LogP contribution in [0.1, 0.15) is 52.4 Å². The van der Waals surface area contributed by atoms with Gasteiger partial charge < -0.3 is 15.3 Å². The summed E-state index contributed by atoms with van der Waals surface area (Å²) in [5, 5.41) is 32.0. The predicted molar refractivity (Wildman–Crippen MR) is 92.9 cm³/mol. The van der Waals surface area contributed by atoms with E-state index in [4.69, 9.17) is 0 Å². The monoisotopic (exact) mass is 384 g/mol. The van der Waals surface area contributed by atoms with E-state index >= 15 is 0 Å². The Hall–Kier alpha value is 0.100. The highest BCUT2D eigenvalue weighted by Gasteiger charge is 2.65. The molecule has 3 nitrogen and oxygen atoms in total. The van der Waals surface area contributed by atoms with Gasteiger partial charge in [0.05, 0.1) is 6.10 Å². The number of hydrogen-bond acceptors (Lipinski definition) is 3. The first kappa shape index (κ1) is 16.6. The summed E-state index contributed by atoms with van der Waals surface area (Å²) in [7, 11) is 0. The third-order valence-electron chi connectivity index (χ3n) is 7.95. The molecule has 3 N–H and O–H groups in total. The van der Waals surface area contributed by atoms with Crippen LogP contribution in [0.15, 0.2) is 12.2 Å². The zero-order chi connectivity index (χ0) is 16.6. The maximum absolute atomic E-state index is 11.0. The summed E-state index contributed by atoms with van der Waals surface area (Å²) in [6, 6.07) is 0. The molecule has 23 heavy (non-hydrogen) atoms. The van der Waals surface area contributed by atoms with Gasteiger partial charge in [-0.1, -0.05) is 41.9 Å². The quantitative estimate of drug-likeness (QED) is 0.341. The van der Waals surface area contributed by atoms with Gasteiger partial charge in [-0.15, -0.1) is 0 Å². The van der Waals surface area contributed by atoms with Crippen LogP contribution in [-0.4, -0.2) is 32.0 Å². The standard InChI is InChI=1S/C19H29BrO3/c1-17-5-4-14-16(15(17)8-12(20)10-17)19(22,23)9-11-7-13(21)3-6-18(11,14)2/h3,6,11-16,21-23H,4-5,7-10H2,1-2H3/t11-,12-,13+,14+,15+,16-,17-,18+/m1/s1. The summed E-state index contributed by atoms with van der Waals surface area (Å²) in [6.07, 6.45) is 9.18. The Kier molecular flexibility index (Phi) is 3.64. The molecule has 0 aromatic heterocycles. The smallest absolute Gasteiger partial charge is 0.166 e. The summed E-state index contributed by atoms with van der Waals surface area (Å²) < 4.78 is 0. The third kappa shape index (κ3) is 2.32. The Balaban J connectivity index is 1.76. The van der Waals surface area contributed by atoms with Gasteiger partial charge in [0.2, 0.25) is 0 Å². The van der Waals surface area contributed by atoms with Gasteiger partial charge in [-0.2, -0.15) is 0 Å². The van der Waals surface area contributed by atoms with E-state index in [0.29, 0.717) is 29.5 Å². The van der Waals surface area contributed by atoms with E-state index in [1.54, 1.807) is 0 Å². The van der Waals surface area contributed by atoms with E-state index in [9.17, 15) is 15.3 Å². The second-order valence-corrected chi connectivity index (χ2v) is 10.6. The lowest BCUT2D eigenvalue weighted by atomic mass is 9.45. The first-order valence-electron chi connectivity index (χ1n) is 9.12. The molecule has 130 valence electrons. The molecule has 3 fully saturated rings. The van der Waals surface area contributed by atoms with Crippen molar-refractivity contribution in [2.45, 2.75) is 69.1 Å².